The standard InChI is InChI=1S/C25H29N7O/c1-16-5-3-4-6-21(16)29-25-30-22-15-27-24(28-18-9-13-20(33-2)14-10-18)31-23(22)32(25)19-11-7-17(26)8-12-19/h3-6,9-10,13-15,17,19H,7-8,11-12,26H2,1-2H3,(H,29,30)(H,27,28,31)/t17-,19+. The van der Waals surface area contributed by atoms with Crippen molar-refractivity contribution in [2.45, 2.75) is 44.7 Å². The number of methoxy groups -OCH3 is 1. The van der Waals surface area contributed by atoms with E-state index in [1.54, 1.807) is 13.3 Å². The number of hydrogen-bond acceptors (Lipinski definition) is 7. The van der Waals surface area contributed by atoms with Crippen LogP contribution in [0.4, 0.5) is 23.3 Å². The van der Waals surface area contributed by atoms with Gasteiger partial charge in [-0.05, 0) is 68.5 Å². The van der Waals surface area contributed by atoms with Crippen molar-refractivity contribution in [3.63, 3.8) is 0 Å². The Balaban J connectivity index is 1.53. The van der Waals surface area contributed by atoms with Crippen LogP contribution in [-0.4, -0.2) is 32.7 Å². The maximum absolute atomic E-state index is 6.19. The summed E-state index contributed by atoms with van der Waals surface area (Å²) >= 11 is 0. The Morgan fingerprint density at radius 2 is 1.73 bits per heavy atom. The molecule has 1 aliphatic rings. The lowest BCUT2D eigenvalue weighted by Crippen LogP contribution is -2.28. The highest BCUT2D eigenvalue weighted by atomic mass is 16.5. The second-order valence-corrected chi connectivity index (χ2v) is 8.57. The summed E-state index contributed by atoms with van der Waals surface area (Å²) in [5.74, 6) is 2.12. The molecular weight excluding hydrogens is 414 g/mol. The molecule has 0 amide bonds. The van der Waals surface area contributed by atoms with Crippen LogP contribution in [0.25, 0.3) is 11.2 Å². The summed E-state index contributed by atoms with van der Waals surface area (Å²) in [4.78, 5) is 14.2. The van der Waals surface area contributed by atoms with Crippen molar-refractivity contribution in [3.8, 4) is 5.75 Å². The maximum atomic E-state index is 6.19. The van der Waals surface area contributed by atoms with Gasteiger partial charge in [0, 0.05) is 23.5 Å². The molecule has 2 heterocycles. The molecule has 1 aliphatic carbocycles. The van der Waals surface area contributed by atoms with Gasteiger partial charge in [0.15, 0.2) is 5.65 Å². The van der Waals surface area contributed by atoms with Crippen molar-refractivity contribution in [2.75, 3.05) is 17.7 Å². The van der Waals surface area contributed by atoms with Gasteiger partial charge < -0.3 is 21.1 Å². The Labute approximate surface area is 193 Å². The number of ether oxygens (including phenoxy) is 1. The van der Waals surface area contributed by atoms with Crippen LogP contribution in [0.3, 0.4) is 0 Å². The van der Waals surface area contributed by atoms with E-state index in [2.05, 4.69) is 39.2 Å². The molecule has 0 bridgehead atoms. The van der Waals surface area contributed by atoms with Crippen molar-refractivity contribution < 1.29 is 4.74 Å². The first kappa shape index (κ1) is 21.2. The lowest BCUT2D eigenvalue weighted by atomic mass is 9.91. The van der Waals surface area contributed by atoms with Crippen molar-refractivity contribution in [3.05, 3.63) is 60.3 Å². The first-order chi connectivity index (χ1) is 16.1. The number of anilines is 4. The number of aromatic nitrogens is 4. The van der Waals surface area contributed by atoms with Crippen LogP contribution in [0.2, 0.25) is 0 Å². The lowest BCUT2D eigenvalue weighted by molar-refractivity contribution is 0.330. The molecular formula is C25H29N7O. The number of imidazole rings is 1. The Bertz CT molecular complexity index is 1240. The van der Waals surface area contributed by atoms with Crippen LogP contribution in [0.5, 0.6) is 5.75 Å². The van der Waals surface area contributed by atoms with E-state index in [9.17, 15) is 0 Å². The molecule has 0 radical (unpaired) electrons. The summed E-state index contributed by atoms with van der Waals surface area (Å²) < 4.78 is 7.47. The Morgan fingerprint density at radius 3 is 2.45 bits per heavy atom. The van der Waals surface area contributed by atoms with Gasteiger partial charge in [-0.25, -0.2) is 9.97 Å². The zero-order valence-electron chi connectivity index (χ0n) is 19.0. The fourth-order valence-corrected chi connectivity index (χ4v) is 4.38. The highest BCUT2D eigenvalue weighted by molar-refractivity contribution is 5.77. The summed E-state index contributed by atoms with van der Waals surface area (Å²) in [5.41, 5.74) is 10.9. The summed E-state index contributed by atoms with van der Waals surface area (Å²) in [6, 6.07) is 16.5. The first-order valence-electron chi connectivity index (χ1n) is 11.3. The predicted molar refractivity (Wildman–Crippen MR) is 132 cm³/mol. The minimum absolute atomic E-state index is 0.269. The van der Waals surface area contributed by atoms with Crippen LogP contribution < -0.4 is 21.1 Å². The molecule has 170 valence electrons. The van der Waals surface area contributed by atoms with E-state index in [0.717, 1.165) is 65.5 Å². The summed E-state index contributed by atoms with van der Waals surface area (Å²) in [6.45, 7) is 2.09. The van der Waals surface area contributed by atoms with E-state index in [1.807, 2.05) is 36.4 Å². The zero-order valence-corrected chi connectivity index (χ0v) is 19.0. The van der Waals surface area contributed by atoms with Crippen LogP contribution in [-0.2, 0) is 0 Å². The van der Waals surface area contributed by atoms with Gasteiger partial charge in [-0.1, -0.05) is 18.2 Å². The quantitative estimate of drug-likeness (QED) is 0.382. The fraction of sp³-hybridized carbons (Fsp3) is 0.320. The number of nitrogens with two attached hydrogens (primary N) is 1. The third-order valence-corrected chi connectivity index (χ3v) is 6.28. The highest BCUT2D eigenvalue weighted by Crippen LogP contribution is 2.35. The van der Waals surface area contributed by atoms with Gasteiger partial charge in [0.05, 0.1) is 13.3 Å². The van der Waals surface area contributed by atoms with Gasteiger partial charge in [0.1, 0.15) is 11.3 Å². The summed E-state index contributed by atoms with van der Waals surface area (Å²) in [7, 11) is 1.65. The molecule has 4 aromatic rings. The van der Waals surface area contributed by atoms with E-state index < -0.39 is 0 Å². The minimum atomic E-state index is 0.269. The summed E-state index contributed by atoms with van der Waals surface area (Å²) in [5, 5.41) is 6.83. The topological polar surface area (TPSA) is 103 Å². The highest BCUT2D eigenvalue weighted by Gasteiger charge is 2.25. The van der Waals surface area contributed by atoms with Gasteiger partial charge in [-0.2, -0.15) is 4.98 Å². The number of rotatable bonds is 6. The average Bonchev–Trinajstić information content (AvgIpc) is 3.19. The molecule has 0 saturated heterocycles. The predicted octanol–water partition coefficient (Wildman–Crippen LogP) is 5.07. The molecule has 2 aromatic carbocycles. The van der Waals surface area contributed by atoms with E-state index in [0.29, 0.717) is 5.95 Å². The van der Waals surface area contributed by atoms with Crippen LogP contribution in [0, 0.1) is 6.92 Å². The first-order valence-corrected chi connectivity index (χ1v) is 11.3. The normalized spacial score (nSPS) is 18.3. The van der Waals surface area contributed by atoms with Crippen LogP contribution in [0.1, 0.15) is 37.3 Å². The Hall–Kier alpha value is -3.65. The zero-order chi connectivity index (χ0) is 22.8. The Morgan fingerprint density at radius 1 is 0.970 bits per heavy atom. The van der Waals surface area contributed by atoms with E-state index in [-0.39, 0.29) is 12.1 Å². The second kappa shape index (κ2) is 9.07. The second-order valence-electron chi connectivity index (χ2n) is 8.57. The number of fused-ring (bicyclic) bond motifs is 1. The fourth-order valence-electron chi connectivity index (χ4n) is 4.38. The number of nitrogens with one attached hydrogen (secondary N) is 2. The smallest absolute Gasteiger partial charge is 0.229 e. The molecule has 4 N–H and O–H groups in total. The number of hydrogen-bond donors (Lipinski definition) is 3. The van der Waals surface area contributed by atoms with Gasteiger partial charge in [-0.15, -0.1) is 0 Å². The van der Waals surface area contributed by atoms with Gasteiger partial charge in [-0.3, -0.25) is 4.57 Å². The number of nitrogens with zero attached hydrogens (tertiary/aromatic N) is 4. The lowest BCUT2D eigenvalue weighted by Gasteiger charge is -2.28. The van der Waals surface area contributed by atoms with Crippen LogP contribution in [0.15, 0.2) is 54.7 Å². The molecule has 5 rings (SSSR count). The Kier molecular flexibility index (Phi) is 5.83. The number of benzene rings is 2. The molecule has 8 nitrogen and oxygen atoms in total. The van der Waals surface area contributed by atoms with Crippen molar-refractivity contribution >= 4 is 34.4 Å². The molecule has 1 saturated carbocycles. The molecule has 0 atom stereocenters. The number of aryl methyl sites for hydroxylation is 1. The van der Waals surface area contributed by atoms with Crippen molar-refractivity contribution in [1.29, 1.82) is 0 Å². The largest absolute Gasteiger partial charge is 0.497 e. The van der Waals surface area contributed by atoms with E-state index in [1.165, 1.54) is 0 Å². The van der Waals surface area contributed by atoms with E-state index >= 15 is 0 Å². The third kappa shape index (κ3) is 4.47. The molecule has 8 heteroatoms. The maximum Gasteiger partial charge on any atom is 0.229 e. The number of para-hydroxylation sites is 1. The average molecular weight is 444 g/mol. The third-order valence-electron chi connectivity index (χ3n) is 6.28. The van der Waals surface area contributed by atoms with Gasteiger partial charge in [0.2, 0.25) is 11.9 Å². The molecule has 0 spiro atoms. The summed E-state index contributed by atoms with van der Waals surface area (Å²) in [6.07, 6.45) is 5.77. The van der Waals surface area contributed by atoms with Crippen molar-refractivity contribution in [1.82, 2.24) is 19.5 Å². The van der Waals surface area contributed by atoms with Gasteiger partial charge >= 0.3 is 0 Å². The molecule has 0 unspecified atom stereocenters. The molecule has 1 fully saturated rings. The SMILES string of the molecule is COc1ccc(Nc2ncc3nc(Nc4ccccc4C)n([C@H]4CC[C@@H](N)CC4)c3n2)cc1. The molecule has 2 aromatic heterocycles. The van der Waals surface area contributed by atoms with Gasteiger partial charge in [0.25, 0.3) is 0 Å². The minimum Gasteiger partial charge on any atom is -0.497 e. The monoisotopic (exact) mass is 443 g/mol. The van der Waals surface area contributed by atoms with Crippen LogP contribution >= 0.6 is 0 Å². The van der Waals surface area contributed by atoms with Crippen molar-refractivity contribution in [2.24, 2.45) is 5.73 Å². The molecule has 33 heavy (non-hydrogen) atoms. The van der Waals surface area contributed by atoms with E-state index in [4.69, 9.17) is 20.4 Å². The molecule has 0 aliphatic heterocycles.